The summed E-state index contributed by atoms with van der Waals surface area (Å²) in [4.78, 5) is 23.1. The van der Waals surface area contributed by atoms with E-state index in [0.717, 1.165) is 0 Å². The summed E-state index contributed by atoms with van der Waals surface area (Å²) in [5.41, 5.74) is 2.78. The van der Waals surface area contributed by atoms with Crippen LogP contribution >= 0.6 is 11.6 Å². The van der Waals surface area contributed by atoms with E-state index in [-0.39, 0.29) is 16.1 Å². The summed E-state index contributed by atoms with van der Waals surface area (Å²) in [5, 5.41) is 13.8. The molecule has 6 nitrogen and oxygen atoms in total. The first-order valence-corrected chi connectivity index (χ1v) is 7.28. The molecular formula is C17H11ClN2O4. The Hall–Kier alpha value is -3.12. The van der Waals surface area contributed by atoms with Crippen LogP contribution in [-0.2, 0) is 0 Å². The van der Waals surface area contributed by atoms with Crippen LogP contribution in [0.2, 0.25) is 5.02 Å². The molecule has 0 saturated heterocycles. The first kappa shape index (κ1) is 15.8. The molecule has 7 heteroatoms. The summed E-state index contributed by atoms with van der Waals surface area (Å²) >= 11 is 6.24. The van der Waals surface area contributed by atoms with E-state index in [1.165, 1.54) is 12.3 Å². The minimum absolute atomic E-state index is 0.0614. The molecule has 0 spiro atoms. The predicted octanol–water partition coefficient (Wildman–Crippen LogP) is 3.59. The lowest BCUT2D eigenvalue weighted by Gasteiger charge is -2.05. The summed E-state index contributed by atoms with van der Waals surface area (Å²) in [6.45, 7) is 0. The number of carboxylic acid groups (broad SMARTS) is 1. The number of benzene rings is 2. The quantitative estimate of drug-likeness (QED) is 0.429. The average molecular weight is 343 g/mol. The van der Waals surface area contributed by atoms with Gasteiger partial charge in [0.05, 0.1) is 28.1 Å². The Labute approximate surface area is 141 Å². The largest absolute Gasteiger partial charge is 0.478 e. The van der Waals surface area contributed by atoms with E-state index >= 15 is 0 Å². The normalized spacial score (nSPS) is 11.0. The van der Waals surface area contributed by atoms with E-state index in [9.17, 15) is 9.59 Å². The molecule has 0 fully saturated rings. The van der Waals surface area contributed by atoms with Crippen molar-refractivity contribution in [1.82, 2.24) is 0 Å². The van der Waals surface area contributed by atoms with Gasteiger partial charge in [-0.1, -0.05) is 35.9 Å². The van der Waals surface area contributed by atoms with E-state index in [4.69, 9.17) is 21.1 Å². The number of para-hydroxylation sites is 2. The molecule has 0 amide bonds. The van der Waals surface area contributed by atoms with Crippen LogP contribution in [-0.4, -0.2) is 17.3 Å². The number of carboxylic acids is 1. The van der Waals surface area contributed by atoms with Crippen molar-refractivity contribution in [1.29, 1.82) is 0 Å². The number of nitrogens with zero attached hydrogens (tertiary/aromatic N) is 1. The number of anilines is 1. The topological polar surface area (TPSA) is 91.9 Å². The van der Waals surface area contributed by atoms with Gasteiger partial charge in [-0.3, -0.25) is 5.43 Å². The molecule has 1 aromatic heterocycles. The van der Waals surface area contributed by atoms with Crippen molar-refractivity contribution in [2.24, 2.45) is 5.10 Å². The van der Waals surface area contributed by atoms with Gasteiger partial charge in [-0.25, -0.2) is 9.59 Å². The highest BCUT2D eigenvalue weighted by Crippen LogP contribution is 2.23. The number of hydrazone groups is 1. The number of aromatic carboxylic acids is 1. The van der Waals surface area contributed by atoms with Crippen molar-refractivity contribution in [3.8, 4) is 0 Å². The molecule has 2 N–H and O–H groups in total. The molecule has 0 bridgehead atoms. The molecule has 0 saturated carbocycles. The van der Waals surface area contributed by atoms with E-state index in [1.807, 2.05) is 0 Å². The van der Waals surface area contributed by atoms with Gasteiger partial charge in [-0.05, 0) is 24.3 Å². The summed E-state index contributed by atoms with van der Waals surface area (Å²) < 4.78 is 5.19. The lowest BCUT2D eigenvalue weighted by atomic mass is 10.2. The number of fused-ring (bicyclic) bond motifs is 1. The maximum absolute atomic E-state index is 12.0. The van der Waals surface area contributed by atoms with Crippen LogP contribution < -0.4 is 11.1 Å². The van der Waals surface area contributed by atoms with Crippen LogP contribution in [0.5, 0.6) is 0 Å². The first-order chi connectivity index (χ1) is 11.6. The van der Waals surface area contributed by atoms with Gasteiger partial charge in [-0.2, -0.15) is 5.10 Å². The first-order valence-electron chi connectivity index (χ1n) is 6.90. The van der Waals surface area contributed by atoms with Crippen LogP contribution in [0.25, 0.3) is 11.0 Å². The number of carbonyl (C=O) groups is 1. The Balaban J connectivity index is 1.95. The Kier molecular flexibility index (Phi) is 4.31. The monoisotopic (exact) mass is 342 g/mol. The Bertz CT molecular complexity index is 1010. The second-order valence-electron chi connectivity index (χ2n) is 4.83. The van der Waals surface area contributed by atoms with Crippen molar-refractivity contribution in [3.63, 3.8) is 0 Å². The molecule has 1 heterocycles. The number of hydrogen-bond acceptors (Lipinski definition) is 5. The van der Waals surface area contributed by atoms with Gasteiger partial charge in [0.15, 0.2) is 0 Å². The van der Waals surface area contributed by atoms with E-state index in [0.29, 0.717) is 16.7 Å². The number of nitrogens with one attached hydrogen (secondary N) is 1. The highest BCUT2D eigenvalue weighted by Gasteiger charge is 2.11. The molecule has 3 rings (SSSR count). The van der Waals surface area contributed by atoms with Gasteiger partial charge in [0.25, 0.3) is 0 Å². The van der Waals surface area contributed by atoms with E-state index < -0.39 is 11.6 Å². The van der Waals surface area contributed by atoms with Crippen LogP contribution in [0.4, 0.5) is 5.69 Å². The third kappa shape index (κ3) is 3.00. The van der Waals surface area contributed by atoms with Crippen molar-refractivity contribution < 1.29 is 14.3 Å². The van der Waals surface area contributed by atoms with Gasteiger partial charge < -0.3 is 9.52 Å². The highest BCUT2D eigenvalue weighted by molar-refractivity contribution is 6.37. The lowest BCUT2D eigenvalue weighted by Crippen LogP contribution is -2.09. The zero-order valence-corrected chi connectivity index (χ0v) is 12.9. The van der Waals surface area contributed by atoms with Crippen molar-refractivity contribution >= 4 is 40.4 Å². The fraction of sp³-hybridized carbons (Fsp3) is 0. The van der Waals surface area contributed by atoms with Gasteiger partial charge in [0.1, 0.15) is 5.58 Å². The molecule has 24 heavy (non-hydrogen) atoms. The Morgan fingerprint density at radius 2 is 1.88 bits per heavy atom. The second-order valence-corrected chi connectivity index (χ2v) is 5.21. The molecule has 3 aromatic rings. The number of rotatable bonds is 4. The zero-order valence-electron chi connectivity index (χ0n) is 12.2. The summed E-state index contributed by atoms with van der Waals surface area (Å²) in [7, 11) is 0. The second kappa shape index (κ2) is 6.55. The highest BCUT2D eigenvalue weighted by atomic mass is 35.5. The maximum Gasteiger partial charge on any atom is 0.346 e. The summed E-state index contributed by atoms with van der Waals surface area (Å²) in [6, 6.07) is 13.2. The minimum atomic E-state index is -1.09. The predicted molar refractivity (Wildman–Crippen MR) is 92.1 cm³/mol. The third-order valence-electron chi connectivity index (χ3n) is 3.32. The molecule has 0 radical (unpaired) electrons. The van der Waals surface area contributed by atoms with Crippen molar-refractivity contribution in [2.45, 2.75) is 0 Å². The molecule has 0 aliphatic carbocycles. The molecule has 0 atom stereocenters. The standard InChI is InChI=1S/C17H11ClN2O4/c18-15-11-6-2-4-8-14(11)24-17(23)12(15)9-19-20-13-7-3-1-5-10(13)16(21)22/h1-9,20H,(H,21,22). The Morgan fingerprint density at radius 1 is 1.17 bits per heavy atom. The molecule has 0 unspecified atom stereocenters. The summed E-state index contributed by atoms with van der Waals surface area (Å²) in [6.07, 6.45) is 1.21. The van der Waals surface area contributed by atoms with Crippen molar-refractivity contribution in [2.75, 3.05) is 5.43 Å². The molecule has 120 valence electrons. The van der Waals surface area contributed by atoms with Gasteiger partial charge in [-0.15, -0.1) is 0 Å². The van der Waals surface area contributed by atoms with E-state index in [2.05, 4.69) is 10.5 Å². The number of hydrogen-bond donors (Lipinski definition) is 2. The van der Waals surface area contributed by atoms with Crippen LogP contribution in [0.3, 0.4) is 0 Å². The van der Waals surface area contributed by atoms with E-state index in [1.54, 1.807) is 42.5 Å². The minimum Gasteiger partial charge on any atom is -0.478 e. The number of halogens is 1. The maximum atomic E-state index is 12.0. The third-order valence-corrected chi connectivity index (χ3v) is 3.73. The lowest BCUT2D eigenvalue weighted by molar-refractivity contribution is 0.0698. The van der Waals surface area contributed by atoms with Crippen LogP contribution in [0, 0.1) is 0 Å². The average Bonchev–Trinajstić information content (AvgIpc) is 2.58. The molecule has 2 aromatic carbocycles. The summed E-state index contributed by atoms with van der Waals surface area (Å²) in [5.74, 6) is -1.09. The smallest absolute Gasteiger partial charge is 0.346 e. The fourth-order valence-corrected chi connectivity index (χ4v) is 2.45. The van der Waals surface area contributed by atoms with Gasteiger partial charge >= 0.3 is 11.6 Å². The molecular weight excluding hydrogens is 332 g/mol. The SMILES string of the molecule is O=C(O)c1ccccc1NN=Cc1c(Cl)c2ccccc2oc1=O. The van der Waals surface area contributed by atoms with Crippen LogP contribution in [0.15, 0.2) is 62.8 Å². The van der Waals surface area contributed by atoms with Crippen LogP contribution in [0.1, 0.15) is 15.9 Å². The van der Waals surface area contributed by atoms with Crippen molar-refractivity contribution in [3.05, 3.63) is 75.1 Å². The molecule has 0 aliphatic rings. The zero-order chi connectivity index (χ0) is 17.1. The molecule has 0 aliphatic heterocycles. The fourth-order valence-electron chi connectivity index (χ4n) is 2.17. The van der Waals surface area contributed by atoms with Gasteiger partial charge in [0.2, 0.25) is 0 Å². The Morgan fingerprint density at radius 3 is 2.67 bits per heavy atom. The van der Waals surface area contributed by atoms with Gasteiger partial charge in [0, 0.05) is 5.39 Å².